The first-order chi connectivity index (χ1) is 23.0. The summed E-state index contributed by atoms with van der Waals surface area (Å²) in [4.78, 5) is 38.7. The number of piperazine rings is 1. The summed E-state index contributed by atoms with van der Waals surface area (Å²) in [6.07, 6.45) is 10.0. The van der Waals surface area contributed by atoms with Crippen molar-refractivity contribution in [3.8, 4) is 0 Å². The van der Waals surface area contributed by atoms with Crippen LogP contribution in [0.4, 0.5) is 5.82 Å². The summed E-state index contributed by atoms with van der Waals surface area (Å²) in [6.45, 7) is 11.8. The average molecular weight is 717 g/mol. The van der Waals surface area contributed by atoms with Crippen LogP contribution in [0.15, 0.2) is 64.5 Å². The van der Waals surface area contributed by atoms with Crippen LogP contribution in [0.3, 0.4) is 0 Å². The molecule has 3 atom stereocenters. The van der Waals surface area contributed by atoms with E-state index in [1.165, 1.54) is 0 Å². The second-order valence-electron chi connectivity index (χ2n) is 14.2. The molecule has 3 aromatic heterocycles. The van der Waals surface area contributed by atoms with E-state index in [9.17, 15) is 9.59 Å². The van der Waals surface area contributed by atoms with E-state index >= 15 is 0 Å². The number of anilines is 1. The molecule has 0 bridgehead atoms. The van der Waals surface area contributed by atoms with E-state index in [0.717, 1.165) is 91.6 Å². The minimum absolute atomic E-state index is 0.00220. The van der Waals surface area contributed by atoms with Crippen LogP contribution in [-0.2, 0) is 28.0 Å². The fourth-order valence-electron chi connectivity index (χ4n) is 8.89. The molecular formula is C36H46BrN9O2. The maximum Gasteiger partial charge on any atom is 0.251 e. The number of primary amides is 1. The van der Waals surface area contributed by atoms with Crippen molar-refractivity contribution in [3.05, 3.63) is 98.0 Å². The van der Waals surface area contributed by atoms with Crippen LogP contribution in [0, 0.1) is 25.2 Å². The number of nitrogens with one attached hydrogen (secondary N) is 4. The SMILES string of the molecule is Cc1cc(C)c(CC2(C3CCNCC3)C(C(N)=O)=C3C(=CC2(Br)c2ccc(N4CCNCC4)nc2)NCC3(C)c2cnn(C)c2)c(=O)[nH]1. The first-order valence-corrected chi connectivity index (χ1v) is 17.8. The molecule has 48 heavy (non-hydrogen) atoms. The van der Waals surface area contributed by atoms with Gasteiger partial charge in [0.25, 0.3) is 5.56 Å². The van der Waals surface area contributed by atoms with Crippen molar-refractivity contribution in [2.24, 2.45) is 24.1 Å². The number of aromatic amines is 1. The molecule has 1 aliphatic carbocycles. The lowest BCUT2D eigenvalue weighted by Crippen LogP contribution is -2.57. The molecule has 3 unspecified atom stereocenters. The lowest BCUT2D eigenvalue weighted by molar-refractivity contribution is -0.116. The van der Waals surface area contributed by atoms with Crippen molar-refractivity contribution in [3.63, 3.8) is 0 Å². The van der Waals surface area contributed by atoms with Gasteiger partial charge in [-0.25, -0.2) is 4.98 Å². The Morgan fingerprint density at radius 2 is 1.81 bits per heavy atom. The molecule has 6 heterocycles. The molecule has 3 aromatic rings. The predicted octanol–water partition coefficient (Wildman–Crippen LogP) is 2.59. The normalized spacial score (nSPS) is 27.9. The van der Waals surface area contributed by atoms with Crippen LogP contribution < -0.4 is 32.1 Å². The third-order valence-electron chi connectivity index (χ3n) is 11.3. The lowest BCUT2D eigenvalue weighted by Gasteiger charge is -2.56. The Hall–Kier alpha value is -3.74. The van der Waals surface area contributed by atoms with Crippen molar-refractivity contribution < 1.29 is 4.79 Å². The third kappa shape index (κ3) is 5.14. The summed E-state index contributed by atoms with van der Waals surface area (Å²) in [6, 6.07) is 6.24. The lowest BCUT2D eigenvalue weighted by atomic mass is 9.51. The Kier molecular flexibility index (Phi) is 8.40. The number of halogens is 1. The number of nitrogens with zero attached hydrogens (tertiary/aromatic N) is 4. The first-order valence-electron chi connectivity index (χ1n) is 17.0. The molecule has 3 fully saturated rings. The predicted molar refractivity (Wildman–Crippen MR) is 191 cm³/mol. The summed E-state index contributed by atoms with van der Waals surface area (Å²) in [5.41, 5.74) is 11.6. The van der Waals surface area contributed by atoms with Gasteiger partial charge < -0.3 is 31.6 Å². The number of aromatic nitrogens is 4. The molecule has 3 saturated heterocycles. The number of nitrogens with two attached hydrogens (primary N) is 1. The molecule has 4 aliphatic rings. The number of H-pyrrole nitrogens is 1. The van der Waals surface area contributed by atoms with Crippen LogP contribution in [-0.4, -0.2) is 71.5 Å². The van der Waals surface area contributed by atoms with Crippen LogP contribution in [0.1, 0.15) is 47.7 Å². The van der Waals surface area contributed by atoms with E-state index in [1.54, 1.807) is 4.68 Å². The topological polar surface area (TPSA) is 146 Å². The van der Waals surface area contributed by atoms with Gasteiger partial charge in [-0.3, -0.25) is 14.3 Å². The molecule has 0 aromatic carbocycles. The van der Waals surface area contributed by atoms with Crippen LogP contribution in [0.25, 0.3) is 0 Å². The minimum Gasteiger partial charge on any atom is -0.384 e. The zero-order chi connectivity index (χ0) is 33.8. The monoisotopic (exact) mass is 715 g/mol. The number of hydrogen-bond donors (Lipinski definition) is 5. The molecule has 11 nitrogen and oxygen atoms in total. The number of fused-ring (bicyclic) bond motifs is 1. The summed E-state index contributed by atoms with van der Waals surface area (Å²) in [7, 11) is 1.91. The van der Waals surface area contributed by atoms with Gasteiger partial charge in [0.15, 0.2) is 0 Å². The Labute approximate surface area is 290 Å². The minimum atomic E-state index is -0.944. The first kappa shape index (κ1) is 32.8. The standard InChI is InChI=1S/C36H46BrN9O2/c1-22-15-23(2)44-33(48)27(22)16-35(24-7-9-39-10-8-24)31(32(38)47)30-28(42-21-34(30,3)26-19-43-45(4)20-26)17-36(35,37)25-5-6-29(41-18-25)46-13-11-40-12-14-46/h5-6,15,17-20,24,39-40,42H,7-14,16,21H2,1-4H3,(H2,38,47)(H,44,48). The molecule has 12 heteroatoms. The molecule has 1 amide bonds. The van der Waals surface area contributed by atoms with Crippen molar-refractivity contribution in [1.29, 1.82) is 0 Å². The fraction of sp³-hybridized carbons (Fsp3) is 0.500. The molecular weight excluding hydrogens is 670 g/mol. The Morgan fingerprint density at radius 1 is 1.08 bits per heavy atom. The number of rotatable bonds is 7. The van der Waals surface area contributed by atoms with Gasteiger partial charge in [-0.05, 0) is 93.9 Å². The van der Waals surface area contributed by atoms with Gasteiger partial charge in [0.1, 0.15) is 5.82 Å². The Morgan fingerprint density at radius 3 is 2.44 bits per heavy atom. The number of carbonyl (C=O) groups excluding carboxylic acids is 1. The highest BCUT2D eigenvalue weighted by molar-refractivity contribution is 9.09. The van der Waals surface area contributed by atoms with Gasteiger partial charge in [-0.15, -0.1) is 0 Å². The maximum absolute atomic E-state index is 14.4. The molecule has 0 saturated carbocycles. The average Bonchev–Trinajstić information content (AvgIpc) is 3.66. The number of carbonyl (C=O) groups is 1. The van der Waals surface area contributed by atoms with Gasteiger partial charge in [0, 0.05) is 91.1 Å². The van der Waals surface area contributed by atoms with Crippen molar-refractivity contribution in [1.82, 2.24) is 35.7 Å². The van der Waals surface area contributed by atoms with Gasteiger partial charge in [-0.2, -0.15) is 5.10 Å². The molecule has 0 radical (unpaired) electrons. The van der Waals surface area contributed by atoms with Crippen molar-refractivity contribution in [2.75, 3.05) is 50.7 Å². The summed E-state index contributed by atoms with van der Waals surface area (Å²) in [5.74, 6) is 0.452. The molecule has 3 aliphatic heterocycles. The van der Waals surface area contributed by atoms with Crippen LogP contribution in [0.5, 0.6) is 0 Å². The van der Waals surface area contributed by atoms with Crippen LogP contribution in [0.2, 0.25) is 0 Å². The van der Waals surface area contributed by atoms with E-state index in [1.807, 2.05) is 45.6 Å². The highest BCUT2D eigenvalue weighted by Crippen LogP contribution is 2.65. The van der Waals surface area contributed by atoms with Crippen molar-refractivity contribution >= 4 is 27.7 Å². The zero-order valence-electron chi connectivity index (χ0n) is 28.3. The zero-order valence-corrected chi connectivity index (χ0v) is 29.8. The van der Waals surface area contributed by atoms with Crippen molar-refractivity contribution in [2.45, 2.75) is 49.8 Å². The highest BCUT2D eigenvalue weighted by Gasteiger charge is 2.63. The Bertz CT molecular complexity index is 1850. The summed E-state index contributed by atoms with van der Waals surface area (Å²) >= 11 is 4.38. The number of allylic oxidation sites excluding steroid dienone is 2. The van der Waals surface area contributed by atoms with E-state index in [4.69, 9.17) is 10.7 Å². The van der Waals surface area contributed by atoms with E-state index in [-0.39, 0.29) is 11.5 Å². The van der Waals surface area contributed by atoms with E-state index < -0.39 is 21.1 Å². The fourth-order valence-corrected chi connectivity index (χ4v) is 10.0. The smallest absolute Gasteiger partial charge is 0.251 e. The molecule has 0 spiro atoms. The number of amides is 1. The maximum atomic E-state index is 14.4. The third-order valence-corrected chi connectivity index (χ3v) is 12.7. The van der Waals surface area contributed by atoms with Gasteiger partial charge >= 0.3 is 0 Å². The van der Waals surface area contributed by atoms with E-state index in [2.05, 4.69) is 72.0 Å². The number of piperidine rings is 1. The summed E-state index contributed by atoms with van der Waals surface area (Å²) in [5, 5.41) is 15.1. The number of pyridine rings is 2. The second kappa shape index (κ2) is 12.3. The molecule has 254 valence electrons. The largest absolute Gasteiger partial charge is 0.384 e. The molecule has 7 rings (SSSR count). The van der Waals surface area contributed by atoms with E-state index in [0.29, 0.717) is 24.1 Å². The molecule has 6 N–H and O–H groups in total. The highest BCUT2D eigenvalue weighted by atomic mass is 79.9. The quantitative estimate of drug-likeness (QED) is 0.235. The summed E-state index contributed by atoms with van der Waals surface area (Å²) < 4.78 is 0.864. The number of aryl methyl sites for hydroxylation is 3. The van der Waals surface area contributed by atoms with Gasteiger partial charge in [0.05, 0.1) is 10.5 Å². The van der Waals surface area contributed by atoms with Gasteiger partial charge in [-0.1, -0.05) is 22.0 Å². The Balaban J connectivity index is 1.53. The van der Waals surface area contributed by atoms with Gasteiger partial charge in [0.2, 0.25) is 5.91 Å². The number of alkyl halides is 1. The second-order valence-corrected chi connectivity index (χ2v) is 15.5. The van der Waals surface area contributed by atoms with Crippen LogP contribution >= 0.6 is 15.9 Å². The number of hydrogen-bond acceptors (Lipinski definition) is 8.